The lowest BCUT2D eigenvalue weighted by Crippen LogP contribution is -2.16. The summed E-state index contributed by atoms with van der Waals surface area (Å²) in [6.07, 6.45) is -4.46. The normalized spacial score (nSPS) is 11.4. The van der Waals surface area contributed by atoms with E-state index in [0.717, 1.165) is 28.8 Å². The Labute approximate surface area is 201 Å². The third kappa shape index (κ3) is 6.50. The number of thioether (sulfide) groups is 1. The molecule has 0 fully saturated rings. The van der Waals surface area contributed by atoms with Crippen molar-refractivity contribution >= 4 is 40.0 Å². The number of nitrogens with one attached hydrogen (secondary N) is 1. The van der Waals surface area contributed by atoms with Crippen molar-refractivity contribution in [1.29, 1.82) is 0 Å². The zero-order valence-corrected chi connectivity index (χ0v) is 20.1. The van der Waals surface area contributed by atoms with Gasteiger partial charge < -0.3 is 19.4 Å². The van der Waals surface area contributed by atoms with E-state index in [0.29, 0.717) is 21.5 Å². The summed E-state index contributed by atoms with van der Waals surface area (Å²) < 4.78 is 50.6. The number of ether oxygens (including phenoxy) is 2. The standard InChI is InChI=1S/C21H21F3N4O4S2/c1-4-31-19(30)15-8-12(2)34-18(15)25-17(29)11-33-20-27-26-16(28(20)3)10-32-14-7-5-6-13(9-14)21(22,23)24/h5-9H,4,10-11H2,1-3H3,(H,25,29). The largest absolute Gasteiger partial charge is 0.486 e. The van der Waals surface area contributed by atoms with Gasteiger partial charge in [-0.3, -0.25) is 4.79 Å². The average molecular weight is 515 g/mol. The lowest BCUT2D eigenvalue weighted by molar-refractivity contribution is -0.137. The molecule has 2 aromatic heterocycles. The minimum Gasteiger partial charge on any atom is -0.486 e. The molecule has 1 aromatic carbocycles. The predicted molar refractivity (Wildman–Crippen MR) is 121 cm³/mol. The molecule has 0 aliphatic rings. The molecule has 3 rings (SSSR count). The highest BCUT2D eigenvalue weighted by Crippen LogP contribution is 2.32. The van der Waals surface area contributed by atoms with E-state index >= 15 is 0 Å². The molecule has 0 aliphatic carbocycles. The molecule has 3 aromatic rings. The molecule has 0 bridgehead atoms. The first-order valence-electron chi connectivity index (χ1n) is 9.97. The van der Waals surface area contributed by atoms with Crippen molar-refractivity contribution in [2.75, 3.05) is 17.7 Å². The molecule has 13 heteroatoms. The first kappa shape index (κ1) is 25.6. The maximum atomic E-state index is 12.8. The highest BCUT2D eigenvalue weighted by atomic mass is 32.2. The zero-order valence-electron chi connectivity index (χ0n) is 18.4. The van der Waals surface area contributed by atoms with E-state index in [4.69, 9.17) is 9.47 Å². The molecule has 182 valence electrons. The van der Waals surface area contributed by atoms with Gasteiger partial charge >= 0.3 is 12.1 Å². The van der Waals surface area contributed by atoms with Crippen LogP contribution in [-0.4, -0.2) is 39.0 Å². The molecular weight excluding hydrogens is 493 g/mol. The third-order valence-electron chi connectivity index (χ3n) is 4.39. The average Bonchev–Trinajstić information content (AvgIpc) is 3.32. The summed E-state index contributed by atoms with van der Waals surface area (Å²) in [5, 5.41) is 11.5. The first-order valence-corrected chi connectivity index (χ1v) is 11.8. The van der Waals surface area contributed by atoms with Gasteiger partial charge in [-0.2, -0.15) is 13.2 Å². The molecule has 0 unspecified atom stereocenters. The van der Waals surface area contributed by atoms with Crippen LogP contribution in [-0.2, 0) is 29.4 Å². The summed E-state index contributed by atoms with van der Waals surface area (Å²) in [7, 11) is 1.66. The van der Waals surface area contributed by atoms with Crippen LogP contribution in [0.2, 0.25) is 0 Å². The number of carbonyl (C=O) groups excluding carboxylic acids is 2. The monoisotopic (exact) mass is 514 g/mol. The highest BCUT2D eigenvalue weighted by molar-refractivity contribution is 7.99. The van der Waals surface area contributed by atoms with Gasteiger partial charge in [0.05, 0.1) is 23.5 Å². The molecule has 1 N–H and O–H groups in total. The van der Waals surface area contributed by atoms with E-state index < -0.39 is 17.7 Å². The molecule has 0 radical (unpaired) electrons. The minimum absolute atomic E-state index is 0.000326. The summed E-state index contributed by atoms with van der Waals surface area (Å²) >= 11 is 2.39. The van der Waals surface area contributed by atoms with Gasteiger partial charge in [-0.25, -0.2) is 4.79 Å². The van der Waals surface area contributed by atoms with E-state index in [1.54, 1.807) is 24.6 Å². The van der Waals surface area contributed by atoms with Crippen LogP contribution in [0.5, 0.6) is 5.75 Å². The van der Waals surface area contributed by atoms with Crippen molar-refractivity contribution in [1.82, 2.24) is 14.8 Å². The van der Waals surface area contributed by atoms with Gasteiger partial charge in [-0.15, -0.1) is 21.5 Å². The molecule has 34 heavy (non-hydrogen) atoms. The number of aryl methyl sites for hydroxylation is 1. The maximum Gasteiger partial charge on any atom is 0.416 e. The fraction of sp³-hybridized carbons (Fsp3) is 0.333. The van der Waals surface area contributed by atoms with Crippen LogP contribution >= 0.6 is 23.1 Å². The summed E-state index contributed by atoms with van der Waals surface area (Å²) in [6.45, 7) is 3.64. The van der Waals surface area contributed by atoms with E-state index in [-0.39, 0.29) is 30.6 Å². The van der Waals surface area contributed by atoms with Crippen molar-refractivity contribution in [3.8, 4) is 5.75 Å². The number of aromatic nitrogens is 3. The number of carbonyl (C=O) groups is 2. The van der Waals surface area contributed by atoms with Crippen LogP contribution in [0.15, 0.2) is 35.5 Å². The van der Waals surface area contributed by atoms with E-state index in [2.05, 4.69) is 15.5 Å². The van der Waals surface area contributed by atoms with Gasteiger partial charge in [0.2, 0.25) is 5.91 Å². The molecule has 0 saturated heterocycles. The summed E-state index contributed by atoms with van der Waals surface area (Å²) in [6, 6.07) is 6.21. The molecule has 2 heterocycles. The Hall–Kier alpha value is -3.06. The van der Waals surface area contributed by atoms with Crippen molar-refractivity contribution in [3.05, 3.63) is 52.2 Å². The second kappa shape index (κ2) is 10.9. The Bertz CT molecular complexity index is 1180. The number of hydrogen-bond donors (Lipinski definition) is 1. The molecule has 1 amide bonds. The van der Waals surface area contributed by atoms with E-state index in [1.165, 1.54) is 23.5 Å². The molecule has 0 saturated carbocycles. The summed E-state index contributed by atoms with van der Waals surface area (Å²) in [4.78, 5) is 25.3. The third-order valence-corrected chi connectivity index (χ3v) is 6.38. The SMILES string of the molecule is CCOC(=O)c1cc(C)sc1NC(=O)CSc1nnc(COc2cccc(C(F)(F)F)c2)n1C. The van der Waals surface area contributed by atoms with Crippen molar-refractivity contribution in [2.24, 2.45) is 7.05 Å². The van der Waals surface area contributed by atoms with Gasteiger partial charge in [0.15, 0.2) is 11.0 Å². The fourth-order valence-electron chi connectivity index (χ4n) is 2.77. The van der Waals surface area contributed by atoms with Crippen LogP contribution in [0.1, 0.15) is 33.5 Å². The van der Waals surface area contributed by atoms with Crippen LogP contribution in [0.25, 0.3) is 0 Å². The van der Waals surface area contributed by atoms with Crippen LogP contribution in [0.4, 0.5) is 18.2 Å². The van der Waals surface area contributed by atoms with Crippen molar-refractivity contribution in [2.45, 2.75) is 31.8 Å². The number of alkyl halides is 3. The molecule has 0 aliphatic heterocycles. The van der Waals surface area contributed by atoms with Crippen LogP contribution < -0.4 is 10.1 Å². The van der Waals surface area contributed by atoms with Crippen molar-refractivity contribution in [3.63, 3.8) is 0 Å². The van der Waals surface area contributed by atoms with Gasteiger partial charge in [0.25, 0.3) is 0 Å². The number of hydrogen-bond acceptors (Lipinski definition) is 8. The van der Waals surface area contributed by atoms with E-state index in [1.807, 2.05) is 6.92 Å². The number of thiophene rings is 1. The highest BCUT2D eigenvalue weighted by Gasteiger charge is 2.30. The van der Waals surface area contributed by atoms with Gasteiger partial charge in [0.1, 0.15) is 17.4 Å². The first-order chi connectivity index (χ1) is 16.1. The fourth-order valence-corrected chi connectivity index (χ4v) is 4.41. The minimum atomic E-state index is -4.46. The summed E-state index contributed by atoms with van der Waals surface area (Å²) in [5.41, 5.74) is -0.507. The number of benzene rings is 1. The van der Waals surface area contributed by atoms with Gasteiger partial charge in [-0.05, 0) is 38.1 Å². The quantitative estimate of drug-likeness (QED) is 0.327. The summed E-state index contributed by atoms with van der Waals surface area (Å²) in [5.74, 6) is -0.427. The molecule has 0 spiro atoms. The lowest BCUT2D eigenvalue weighted by atomic mass is 10.2. The lowest BCUT2D eigenvalue weighted by Gasteiger charge is -2.10. The predicted octanol–water partition coefficient (Wildman–Crippen LogP) is 4.69. The number of halogens is 3. The van der Waals surface area contributed by atoms with Gasteiger partial charge in [-0.1, -0.05) is 17.8 Å². The maximum absolute atomic E-state index is 12.8. The Morgan fingerprint density at radius 1 is 1.24 bits per heavy atom. The number of amides is 1. The number of esters is 1. The Morgan fingerprint density at radius 2 is 2.00 bits per heavy atom. The smallest absolute Gasteiger partial charge is 0.416 e. The van der Waals surface area contributed by atoms with Crippen molar-refractivity contribution < 1.29 is 32.2 Å². The number of rotatable bonds is 9. The molecule has 0 atom stereocenters. The Balaban J connectivity index is 1.57. The van der Waals surface area contributed by atoms with Gasteiger partial charge in [0, 0.05) is 11.9 Å². The zero-order chi connectivity index (χ0) is 24.9. The topological polar surface area (TPSA) is 95.3 Å². The number of nitrogens with zero attached hydrogens (tertiary/aromatic N) is 3. The second-order valence-electron chi connectivity index (χ2n) is 6.93. The van der Waals surface area contributed by atoms with E-state index in [9.17, 15) is 22.8 Å². The molecule has 8 nitrogen and oxygen atoms in total. The number of anilines is 1. The Morgan fingerprint density at radius 3 is 2.71 bits per heavy atom. The van der Waals surface area contributed by atoms with Crippen LogP contribution in [0.3, 0.4) is 0 Å². The second-order valence-corrected chi connectivity index (χ2v) is 9.13. The Kier molecular flexibility index (Phi) is 8.20. The molecular formula is C21H21F3N4O4S2. The van der Waals surface area contributed by atoms with Crippen LogP contribution in [0, 0.1) is 6.92 Å².